The predicted octanol–water partition coefficient (Wildman–Crippen LogP) is 5.99. The summed E-state index contributed by atoms with van der Waals surface area (Å²) < 4.78 is 68.0. The van der Waals surface area contributed by atoms with E-state index < -0.39 is 147 Å². The molecule has 0 aliphatic carbocycles. The molecule has 5 fully saturated rings. The van der Waals surface area contributed by atoms with Crippen LogP contribution in [-0.4, -0.2) is 189 Å². The molecule has 0 aromatic heterocycles. The van der Waals surface area contributed by atoms with Crippen LogP contribution in [0, 0.1) is 0 Å². The van der Waals surface area contributed by atoms with E-state index in [1.54, 1.807) is 13.8 Å². The third kappa shape index (κ3) is 20.8. The Balaban J connectivity index is 1.36. The van der Waals surface area contributed by atoms with E-state index in [0.29, 0.717) is 32.1 Å². The first-order valence-corrected chi connectivity index (χ1v) is 30.5. The number of hydrogen-bond acceptors (Lipinski definition) is 21. The Morgan fingerprint density at radius 2 is 0.987 bits per heavy atom. The molecule has 0 aromatic rings. The van der Waals surface area contributed by atoms with Crippen LogP contribution in [0.25, 0.3) is 0 Å². The Hall–Kier alpha value is -2.19. The topological polar surface area (TPSA) is 294 Å². The van der Waals surface area contributed by atoms with Crippen molar-refractivity contribution in [3.05, 3.63) is 0 Å². The van der Waals surface area contributed by atoms with Gasteiger partial charge in [0.1, 0.15) is 61.0 Å². The molecule has 0 saturated carbocycles. The average molecular weight is 1140 g/mol. The zero-order valence-electron chi connectivity index (χ0n) is 48.3. The van der Waals surface area contributed by atoms with Gasteiger partial charge < -0.3 is 87.9 Å². The van der Waals surface area contributed by atoms with Crippen molar-refractivity contribution < 1.29 is 102 Å². The molecule has 0 radical (unpaired) electrons. The maximum Gasteiger partial charge on any atom is 0.306 e. The van der Waals surface area contributed by atoms with Crippen molar-refractivity contribution in [3.63, 3.8) is 0 Å². The second-order valence-electron chi connectivity index (χ2n) is 22.8. The second kappa shape index (κ2) is 35.8. The van der Waals surface area contributed by atoms with Crippen LogP contribution in [-0.2, 0) is 66.5 Å². The fourth-order valence-corrected chi connectivity index (χ4v) is 11.2. The van der Waals surface area contributed by atoms with Crippen LogP contribution in [0.3, 0.4) is 0 Å². The van der Waals surface area contributed by atoms with Gasteiger partial charge in [0.25, 0.3) is 0 Å². The highest BCUT2D eigenvalue weighted by molar-refractivity contribution is 5.70. The molecule has 21 atom stereocenters. The van der Waals surface area contributed by atoms with Crippen LogP contribution >= 0.6 is 0 Å². The maximum atomic E-state index is 13.7. The molecule has 5 aliphatic heterocycles. The molecule has 0 unspecified atom stereocenters. The number of esters is 3. The van der Waals surface area contributed by atoms with Gasteiger partial charge in [-0.05, 0) is 52.9 Å². The van der Waals surface area contributed by atoms with Crippen molar-refractivity contribution in [1.82, 2.24) is 0 Å². The molecular weight excluding hydrogens is 1030 g/mol. The van der Waals surface area contributed by atoms with Gasteiger partial charge in [-0.25, -0.2) is 0 Å². The Morgan fingerprint density at radius 3 is 1.62 bits per heavy atom. The summed E-state index contributed by atoms with van der Waals surface area (Å²) in [4.78, 5) is 40.1. The number of fused-ring (bicyclic) bond motifs is 2. The number of ether oxygens (including phenoxy) is 11. The van der Waals surface area contributed by atoms with Gasteiger partial charge in [-0.1, -0.05) is 143 Å². The predicted molar refractivity (Wildman–Crippen MR) is 286 cm³/mol. The zero-order chi connectivity index (χ0) is 57.4. The summed E-state index contributed by atoms with van der Waals surface area (Å²) >= 11 is 0. The van der Waals surface area contributed by atoms with Crippen molar-refractivity contribution in [3.8, 4) is 0 Å². The van der Waals surface area contributed by atoms with Crippen molar-refractivity contribution in [2.75, 3.05) is 6.61 Å². The van der Waals surface area contributed by atoms with E-state index in [2.05, 4.69) is 20.8 Å². The summed E-state index contributed by atoms with van der Waals surface area (Å²) in [6.07, 6.45) is -8.25. The van der Waals surface area contributed by atoms with Gasteiger partial charge >= 0.3 is 17.9 Å². The first-order chi connectivity index (χ1) is 38.0. The number of unbranched alkanes of at least 4 members (excludes halogenated alkanes) is 12. The van der Waals surface area contributed by atoms with Crippen molar-refractivity contribution in [2.24, 2.45) is 0 Å². The van der Waals surface area contributed by atoms with Gasteiger partial charge in [0.05, 0.1) is 31.0 Å². The lowest BCUT2D eigenvalue weighted by Gasteiger charge is -2.49. The largest absolute Gasteiger partial charge is 0.457 e. The van der Waals surface area contributed by atoms with E-state index in [4.69, 9.17) is 52.1 Å². The van der Waals surface area contributed by atoms with Gasteiger partial charge in [0, 0.05) is 19.3 Å². The molecule has 5 rings (SSSR count). The quantitative estimate of drug-likeness (QED) is 0.0314. The number of carbonyl (C=O) groups excluding carboxylic acids is 3. The minimum Gasteiger partial charge on any atom is -0.457 e. The van der Waals surface area contributed by atoms with Gasteiger partial charge in [0.15, 0.2) is 43.5 Å². The average Bonchev–Trinajstić information content (AvgIpc) is 3.48. The fraction of sp³-hybridized carbons (Fsp3) is 0.948. The summed E-state index contributed by atoms with van der Waals surface area (Å²) in [5.74, 6) is -1.90. The molecule has 21 nitrogen and oxygen atoms in total. The van der Waals surface area contributed by atoms with E-state index >= 15 is 0 Å². The van der Waals surface area contributed by atoms with Crippen LogP contribution in [0.4, 0.5) is 0 Å². The SMILES string of the molecule is CCCCCCCCCC(=O)O[C@@H]1[C@@H](O)[C@@H](O)[C@H](O[C@@H]2[C@@H](O)[C@@H](OC(=O)CCCCCCC)[C@H](O[C@@H]3[C@@H](O)[C@H]4OC(=O)CCCCCCCCC[C@H](CCCCC)O[C@@H]5O[C@H](CO)[C@@H](O)[C@H](O)[C@H]5O[C@@H]4O[C@H]3C)O[C@H]2C)O[C@H]1C. The summed E-state index contributed by atoms with van der Waals surface area (Å²) in [5, 5.41) is 80.1. The van der Waals surface area contributed by atoms with E-state index in [9.17, 15) is 50.1 Å². The van der Waals surface area contributed by atoms with Crippen LogP contribution in [0.15, 0.2) is 0 Å². The van der Waals surface area contributed by atoms with E-state index in [1.165, 1.54) is 13.3 Å². The molecule has 7 N–H and O–H groups in total. The smallest absolute Gasteiger partial charge is 0.306 e. The Kier molecular flexibility index (Phi) is 30.7. The molecule has 0 amide bonds. The zero-order valence-corrected chi connectivity index (χ0v) is 48.3. The van der Waals surface area contributed by atoms with Crippen molar-refractivity contribution in [2.45, 2.75) is 344 Å². The van der Waals surface area contributed by atoms with E-state index in [0.717, 1.165) is 116 Å². The highest BCUT2D eigenvalue weighted by atomic mass is 16.8. The number of aliphatic hydroxyl groups excluding tert-OH is 7. The van der Waals surface area contributed by atoms with Crippen molar-refractivity contribution in [1.29, 1.82) is 0 Å². The molecule has 0 bridgehead atoms. The van der Waals surface area contributed by atoms with Crippen molar-refractivity contribution >= 4 is 17.9 Å². The third-order valence-electron chi connectivity index (χ3n) is 16.1. The lowest BCUT2D eigenvalue weighted by molar-refractivity contribution is -0.388. The minimum atomic E-state index is -1.76. The number of aliphatic hydroxyl groups is 7. The molecule has 79 heavy (non-hydrogen) atoms. The van der Waals surface area contributed by atoms with Gasteiger partial charge in [-0.3, -0.25) is 14.4 Å². The Labute approximate surface area is 469 Å². The highest BCUT2D eigenvalue weighted by Gasteiger charge is 2.57. The molecule has 0 spiro atoms. The standard InChI is InChI=1S/C58H102O21/c1-7-10-13-15-17-22-27-31-40(60)74-49-35(4)69-55(46(66)45(49)65)77-50-36(5)70-56(53(47(50)67)75-41(61)32-26-20-14-11-8-2)78-51-37(6)71-57-54(48(51)68)76-42(62)33-28-23-19-16-18-21-25-30-38(29-24-12-9-3)72-58-52(79-57)44(64)43(63)39(34-59)73-58/h35-39,43-59,63-68H,7-34H2,1-6H3/t35-,36-,37-,38-,39+,43+,44-,45-,46+,47+,48+,49-,50-,51-,52+,53+,54+,55-,56-,57-,58+/m0/s1. The van der Waals surface area contributed by atoms with Gasteiger partial charge in [-0.2, -0.15) is 0 Å². The number of carbonyl (C=O) groups is 3. The summed E-state index contributed by atoms with van der Waals surface area (Å²) in [7, 11) is 0. The number of hydrogen-bond donors (Lipinski definition) is 7. The molecule has 460 valence electrons. The molecule has 21 heteroatoms. The Bertz CT molecular complexity index is 1710. The second-order valence-corrected chi connectivity index (χ2v) is 22.8. The minimum absolute atomic E-state index is 0.00186. The molecule has 5 aliphatic rings. The Morgan fingerprint density at radius 1 is 0.481 bits per heavy atom. The monoisotopic (exact) mass is 1130 g/mol. The lowest BCUT2D eigenvalue weighted by Crippen LogP contribution is -2.67. The maximum absolute atomic E-state index is 13.7. The number of rotatable bonds is 25. The van der Waals surface area contributed by atoms with Crippen LogP contribution < -0.4 is 0 Å². The van der Waals surface area contributed by atoms with E-state index in [-0.39, 0.29) is 25.4 Å². The first-order valence-electron chi connectivity index (χ1n) is 30.5. The summed E-state index contributed by atoms with van der Waals surface area (Å²) in [5.41, 5.74) is 0. The van der Waals surface area contributed by atoms with Gasteiger partial charge in [0.2, 0.25) is 0 Å². The molecular formula is C58H102O21. The summed E-state index contributed by atoms with van der Waals surface area (Å²) in [6.45, 7) is 10.3. The lowest BCUT2D eigenvalue weighted by atomic mass is 9.95. The van der Waals surface area contributed by atoms with E-state index in [1.807, 2.05) is 0 Å². The highest BCUT2D eigenvalue weighted by Crippen LogP contribution is 2.37. The first kappa shape index (κ1) is 67.6. The normalized spacial score (nSPS) is 38.3. The summed E-state index contributed by atoms with van der Waals surface area (Å²) in [6, 6.07) is 0. The molecule has 5 saturated heterocycles. The van der Waals surface area contributed by atoms with Gasteiger partial charge in [-0.15, -0.1) is 0 Å². The van der Waals surface area contributed by atoms with Crippen LogP contribution in [0.2, 0.25) is 0 Å². The molecule has 5 heterocycles. The third-order valence-corrected chi connectivity index (χ3v) is 16.1. The van der Waals surface area contributed by atoms with Crippen LogP contribution in [0.5, 0.6) is 0 Å². The fourth-order valence-electron chi connectivity index (χ4n) is 11.2. The molecule has 0 aromatic carbocycles. The van der Waals surface area contributed by atoms with Crippen LogP contribution in [0.1, 0.15) is 215 Å².